The zero-order valence-electron chi connectivity index (χ0n) is 12.4. The van der Waals surface area contributed by atoms with Gasteiger partial charge in [-0.25, -0.2) is 0 Å². The molecule has 2 heteroatoms. The van der Waals surface area contributed by atoms with Gasteiger partial charge in [0.05, 0.1) is 0 Å². The van der Waals surface area contributed by atoms with Crippen LogP contribution < -0.4 is 4.74 Å². The van der Waals surface area contributed by atoms with Crippen LogP contribution in [0.3, 0.4) is 0 Å². The summed E-state index contributed by atoms with van der Waals surface area (Å²) in [5.41, 5.74) is 1.21. The second-order valence-corrected chi connectivity index (χ2v) is 5.17. The van der Waals surface area contributed by atoms with Gasteiger partial charge in [-0.2, -0.15) is 0 Å². The largest absolute Gasteiger partial charge is 0.426 e. The summed E-state index contributed by atoms with van der Waals surface area (Å²) in [6.45, 7) is 5.71. The number of hydrogen-bond acceptors (Lipinski definition) is 2. The molecule has 1 saturated carbocycles. The third-order valence-corrected chi connectivity index (χ3v) is 3.22. The number of ether oxygens (including phenoxy) is 1. The van der Waals surface area contributed by atoms with Crippen molar-refractivity contribution in [3.63, 3.8) is 0 Å². The molecule has 1 aromatic rings. The van der Waals surface area contributed by atoms with E-state index in [1.165, 1.54) is 51.0 Å². The fourth-order valence-electron chi connectivity index (χ4n) is 2.48. The van der Waals surface area contributed by atoms with Crippen molar-refractivity contribution < 1.29 is 9.53 Å². The highest BCUT2D eigenvalue weighted by Gasteiger charge is 2.19. The van der Waals surface area contributed by atoms with Crippen molar-refractivity contribution in [1.29, 1.82) is 0 Å². The van der Waals surface area contributed by atoms with Gasteiger partial charge in [-0.15, -0.1) is 0 Å². The summed E-state index contributed by atoms with van der Waals surface area (Å²) >= 11 is 0. The summed E-state index contributed by atoms with van der Waals surface area (Å²) in [7, 11) is 0. The number of carbonyl (C=O) groups is 1. The maximum atomic E-state index is 11.0. The number of rotatable bonds is 2. The SMILES string of the molecule is CC(=O)Oc1ccccc1C1CCCCC1.CCC. The lowest BCUT2D eigenvalue weighted by molar-refractivity contribution is -0.131. The minimum Gasteiger partial charge on any atom is -0.426 e. The van der Waals surface area contributed by atoms with Crippen molar-refractivity contribution in [2.45, 2.75) is 65.2 Å². The minimum absolute atomic E-state index is 0.233. The Morgan fingerprint density at radius 2 is 1.74 bits per heavy atom. The standard InChI is InChI=1S/C14H18O2.C3H8/c1-11(15)16-14-10-6-5-9-13(14)12-7-3-2-4-8-12;1-3-2/h5-6,9-10,12H,2-4,7-8H2,1H3;3H2,1-2H3. The Labute approximate surface area is 117 Å². The number of benzene rings is 1. The molecular weight excluding hydrogens is 236 g/mol. The van der Waals surface area contributed by atoms with Gasteiger partial charge in [0.15, 0.2) is 0 Å². The van der Waals surface area contributed by atoms with E-state index in [4.69, 9.17) is 4.74 Å². The first-order chi connectivity index (χ1) is 9.19. The van der Waals surface area contributed by atoms with E-state index in [2.05, 4.69) is 19.9 Å². The number of para-hydroxylation sites is 1. The van der Waals surface area contributed by atoms with Crippen LogP contribution in [0.5, 0.6) is 5.75 Å². The molecule has 0 saturated heterocycles. The summed E-state index contributed by atoms with van der Waals surface area (Å²) in [6, 6.07) is 7.93. The summed E-state index contributed by atoms with van der Waals surface area (Å²) in [5.74, 6) is 1.09. The average Bonchev–Trinajstić information content (AvgIpc) is 2.40. The Bertz CT molecular complexity index is 379. The van der Waals surface area contributed by atoms with Gasteiger partial charge in [-0.1, -0.05) is 57.7 Å². The van der Waals surface area contributed by atoms with Gasteiger partial charge in [-0.3, -0.25) is 4.79 Å². The van der Waals surface area contributed by atoms with Crippen molar-refractivity contribution in [1.82, 2.24) is 0 Å². The molecule has 0 unspecified atom stereocenters. The predicted molar refractivity (Wildman–Crippen MR) is 79.5 cm³/mol. The molecule has 1 aliphatic carbocycles. The van der Waals surface area contributed by atoms with Crippen molar-refractivity contribution in [3.05, 3.63) is 29.8 Å². The molecule has 1 fully saturated rings. The minimum atomic E-state index is -0.233. The van der Waals surface area contributed by atoms with E-state index >= 15 is 0 Å². The van der Waals surface area contributed by atoms with Crippen LogP contribution in [0.25, 0.3) is 0 Å². The molecule has 0 atom stereocenters. The van der Waals surface area contributed by atoms with Gasteiger partial charge in [0, 0.05) is 6.92 Å². The molecule has 0 spiro atoms. The summed E-state index contributed by atoms with van der Waals surface area (Å²) < 4.78 is 5.26. The lowest BCUT2D eigenvalue weighted by atomic mass is 9.84. The monoisotopic (exact) mass is 262 g/mol. The summed E-state index contributed by atoms with van der Waals surface area (Å²) in [6.07, 6.45) is 7.61. The molecular formula is C17H26O2. The van der Waals surface area contributed by atoms with E-state index in [1.807, 2.05) is 18.2 Å². The van der Waals surface area contributed by atoms with Crippen molar-refractivity contribution in [2.24, 2.45) is 0 Å². The fourth-order valence-corrected chi connectivity index (χ4v) is 2.48. The Morgan fingerprint density at radius 3 is 2.32 bits per heavy atom. The van der Waals surface area contributed by atoms with E-state index in [-0.39, 0.29) is 5.97 Å². The maximum absolute atomic E-state index is 11.0. The molecule has 0 radical (unpaired) electrons. The Morgan fingerprint density at radius 1 is 1.16 bits per heavy atom. The van der Waals surface area contributed by atoms with Crippen LogP contribution in [0, 0.1) is 0 Å². The van der Waals surface area contributed by atoms with E-state index in [0.29, 0.717) is 5.92 Å². The van der Waals surface area contributed by atoms with Crippen LogP contribution in [0.2, 0.25) is 0 Å². The van der Waals surface area contributed by atoms with E-state index in [1.54, 1.807) is 0 Å². The molecule has 0 heterocycles. The maximum Gasteiger partial charge on any atom is 0.308 e. The molecule has 0 N–H and O–H groups in total. The Hall–Kier alpha value is -1.31. The highest BCUT2D eigenvalue weighted by atomic mass is 16.5. The van der Waals surface area contributed by atoms with Crippen molar-refractivity contribution in [3.8, 4) is 5.75 Å². The second kappa shape index (κ2) is 8.73. The lowest BCUT2D eigenvalue weighted by Gasteiger charge is -2.23. The first-order valence-electron chi connectivity index (χ1n) is 7.46. The predicted octanol–water partition coefficient (Wildman–Crippen LogP) is 5.08. The zero-order chi connectivity index (χ0) is 14.1. The van der Waals surface area contributed by atoms with Gasteiger partial charge in [-0.05, 0) is 30.4 Å². The Kier molecular flexibility index (Phi) is 7.24. The van der Waals surface area contributed by atoms with Crippen LogP contribution in [-0.2, 0) is 4.79 Å². The molecule has 0 amide bonds. The zero-order valence-corrected chi connectivity index (χ0v) is 12.4. The summed E-state index contributed by atoms with van der Waals surface area (Å²) in [4.78, 5) is 11.0. The van der Waals surface area contributed by atoms with E-state index < -0.39 is 0 Å². The summed E-state index contributed by atoms with van der Waals surface area (Å²) in [5, 5.41) is 0. The number of carbonyl (C=O) groups excluding carboxylic acids is 1. The van der Waals surface area contributed by atoms with Crippen LogP contribution in [-0.4, -0.2) is 5.97 Å². The average molecular weight is 262 g/mol. The second-order valence-electron chi connectivity index (χ2n) is 5.17. The molecule has 19 heavy (non-hydrogen) atoms. The van der Waals surface area contributed by atoms with Gasteiger partial charge in [0.2, 0.25) is 0 Å². The molecule has 2 nitrogen and oxygen atoms in total. The van der Waals surface area contributed by atoms with Crippen molar-refractivity contribution >= 4 is 5.97 Å². The molecule has 2 rings (SSSR count). The topological polar surface area (TPSA) is 26.3 Å². The molecule has 1 aromatic carbocycles. The molecule has 106 valence electrons. The van der Waals surface area contributed by atoms with Gasteiger partial charge >= 0.3 is 5.97 Å². The van der Waals surface area contributed by atoms with Crippen LogP contribution in [0.15, 0.2) is 24.3 Å². The van der Waals surface area contributed by atoms with E-state index in [9.17, 15) is 4.79 Å². The smallest absolute Gasteiger partial charge is 0.308 e. The first kappa shape index (κ1) is 15.7. The fraction of sp³-hybridized carbons (Fsp3) is 0.588. The van der Waals surface area contributed by atoms with Crippen molar-refractivity contribution in [2.75, 3.05) is 0 Å². The normalized spacial score (nSPS) is 15.3. The lowest BCUT2D eigenvalue weighted by Crippen LogP contribution is -2.09. The first-order valence-corrected chi connectivity index (χ1v) is 7.46. The molecule has 0 bridgehead atoms. The van der Waals surface area contributed by atoms with Gasteiger partial charge in [0.1, 0.15) is 5.75 Å². The van der Waals surface area contributed by atoms with Crippen LogP contribution in [0.4, 0.5) is 0 Å². The third-order valence-electron chi connectivity index (χ3n) is 3.22. The van der Waals surface area contributed by atoms with Crippen LogP contribution >= 0.6 is 0 Å². The van der Waals surface area contributed by atoms with Crippen LogP contribution in [0.1, 0.15) is 70.8 Å². The van der Waals surface area contributed by atoms with Gasteiger partial charge < -0.3 is 4.74 Å². The van der Waals surface area contributed by atoms with E-state index in [0.717, 1.165) is 5.75 Å². The number of esters is 1. The molecule has 0 aromatic heterocycles. The Balaban J connectivity index is 0.000000550. The molecule has 1 aliphatic rings. The number of hydrogen-bond donors (Lipinski definition) is 0. The highest BCUT2D eigenvalue weighted by Crippen LogP contribution is 2.37. The highest BCUT2D eigenvalue weighted by molar-refractivity contribution is 5.69. The van der Waals surface area contributed by atoms with Gasteiger partial charge in [0.25, 0.3) is 0 Å². The molecule has 0 aliphatic heterocycles. The third kappa shape index (κ3) is 5.46. The quantitative estimate of drug-likeness (QED) is 0.549.